The summed E-state index contributed by atoms with van der Waals surface area (Å²) in [4.78, 5) is 0. The maximum Gasteiger partial charge on any atom is 0 e. The first-order valence-electron chi connectivity index (χ1n) is 5.56. The predicted octanol–water partition coefficient (Wildman–Crippen LogP) is 4.92. The summed E-state index contributed by atoms with van der Waals surface area (Å²) in [6, 6.07) is 19.0. The average Bonchev–Trinajstić information content (AvgIpc) is 2.40. The quantitative estimate of drug-likeness (QED) is 0.304. The van der Waals surface area contributed by atoms with Crippen LogP contribution in [0.1, 0.15) is 5.56 Å². The molecular formula is C14H12BF4MnO-. The molecule has 21 heavy (non-hydrogen) atoms. The summed E-state index contributed by atoms with van der Waals surface area (Å²) >= 11 is 0. The van der Waals surface area contributed by atoms with Crippen LogP contribution in [0, 0.1) is 13.6 Å². The van der Waals surface area contributed by atoms with Gasteiger partial charge in [-0.25, -0.2) is 0 Å². The molecule has 7 heteroatoms. The molecule has 1 radical (unpaired) electrons. The summed E-state index contributed by atoms with van der Waals surface area (Å²) in [6.45, 7) is 6.62. The monoisotopic (exact) mass is 338 g/mol. The number of aryl methyl sites for hydroxylation is 1. The van der Waals surface area contributed by atoms with Crippen LogP contribution >= 0.6 is 0 Å². The van der Waals surface area contributed by atoms with Crippen molar-refractivity contribution in [3.05, 3.63) is 66.8 Å². The zero-order chi connectivity index (χ0) is 15.6. The molecule has 0 aliphatic carbocycles. The van der Waals surface area contributed by atoms with E-state index in [1.54, 1.807) is 0 Å². The molecule has 0 heterocycles. The molecule has 0 aliphatic heterocycles. The Bertz CT molecular complexity index is 523. The molecule has 113 valence electrons. The first-order valence-corrected chi connectivity index (χ1v) is 5.56. The van der Waals surface area contributed by atoms with Crippen LogP contribution in [0.15, 0.2) is 54.6 Å². The van der Waals surface area contributed by atoms with Gasteiger partial charge in [-0.2, -0.15) is 0 Å². The third kappa shape index (κ3) is 12.0. The fourth-order valence-electron chi connectivity index (χ4n) is 1.46. The van der Waals surface area contributed by atoms with Gasteiger partial charge in [-0.15, -0.1) is 0 Å². The Labute approximate surface area is 131 Å². The average molecular weight is 338 g/mol. The van der Waals surface area contributed by atoms with Crippen molar-refractivity contribution in [2.75, 3.05) is 0 Å². The van der Waals surface area contributed by atoms with E-state index in [0.29, 0.717) is 0 Å². The molecule has 0 saturated carbocycles. The summed E-state index contributed by atoms with van der Waals surface area (Å²) in [6.07, 6.45) is 0. The van der Waals surface area contributed by atoms with Gasteiger partial charge in [0.2, 0.25) is 0 Å². The number of halogens is 4. The van der Waals surface area contributed by atoms with Crippen LogP contribution in [0.4, 0.5) is 17.3 Å². The van der Waals surface area contributed by atoms with Crippen LogP contribution in [0.2, 0.25) is 0 Å². The minimum absolute atomic E-state index is 0. The molecule has 0 unspecified atom stereocenters. The third-order valence-electron chi connectivity index (χ3n) is 2.13. The van der Waals surface area contributed by atoms with E-state index >= 15 is 0 Å². The van der Waals surface area contributed by atoms with Gasteiger partial charge in [0.25, 0.3) is 0 Å². The Kier molecular flexibility index (Phi) is 11.6. The van der Waals surface area contributed by atoms with Crippen LogP contribution < -0.4 is 0 Å². The Balaban J connectivity index is 0. The summed E-state index contributed by atoms with van der Waals surface area (Å²) in [5, 5.41) is 0. The van der Waals surface area contributed by atoms with E-state index in [-0.39, 0.29) is 17.1 Å². The van der Waals surface area contributed by atoms with Gasteiger partial charge in [-0.3, -0.25) is 0 Å². The first kappa shape index (κ1) is 21.8. The topological polar surface area (TPSA) is 19.9 Å². The predicted molar refractivity (Wildman–Crippen MR) is 70.7 cm³/mol. The van der Waals surface area contributed by atoms with Crippen molar-refractivity contribution in [1.82, 2.24) is 0 Å². The third-order valence-corrected chi connectivity index (χ3v) is 2.13. The van der Waals surface area contributed by atoms with Gasteiger partial charge in [-0.05, 0) is 18.1 Å². The number of rotatable bonds is 1. The van der Waals surface area contributed by atoms with Crippen LogP contribution in [0.25, 0.3) is 11.1 Å². The van der Waals surface area contributed by atoms with Crippen molar-refractivity contribution < 1.29 is 39.0 Å². The van der Waals surface area contributed by atoms with Gasteiger partial charge < -0.3 is 17.3 Å². The Morgan fingerprint density at radius 1 is 0.810 bits per heavy atom. The Morgan fingerprint density at radius 2 is 1.24 bits per heavy atom. The maximum atomic E-state index is 9.75. The van der Waals surface area contributed by atoms with E-state index in [1.165, 1.54) is 16.7 Å². The van der Waals surface area contributed by atoms with Crippen LogP contribution in [-0.2, 0) is 21.7 Å². The molecule has 0 aliphatic rings. The van der Waals surface area contributed by atoms with Gasteiger partial charge in [-0.1, -0.05) is 60.2 Å². The van der Waals surface area contributed by atoms with Gasteiger partial charge in [0.1, 0.15) is 0 Å². The fraction of sp³-hybridized carbons (Fsp3) is 0.0714. The molecule has 2 rings (SSSR count). The number of hydrogen-bond acceptors (Lipinski definition) is 0. The second-order valence-corrected chi connectivity index (χ2v) is 3.73. The first-order chi connectivity index (χ1) is 9.36. The van der Waals surface area contributed by atoms with Gasteiger partial charge >= 0.3 is 18.6 Å². The van der Waals surface area contributed by atoms with Crippen molar-refractivity contribution in [3.63, 3.8) is 0 Å². The molecule has 0 aromatic heterocycles. The van der Waals surface area contributed by atoms with Gasteiger partial charge in [0.15, 0.2) is 0 Å². The van der Waals surface area contributed by atoms with Gasteiger partial charge in [0.05, 0.1) is 0 Å². The number of benzene rings is 2. The van der Waals surface area contributed by atoms with Gasteiger partial charge in [0, 0.05) is 17.1 Å². The van der Waals surface area contributed by atoms with Crippen LogP contribution in [0.3, 0.4) is 0 Å². The van der Waals surface area contributed by atoms with Crippen molar-refractivity contribution in [2.24, 2.45) is 0 Å². The molecule has 0 spiro atoms. The Morgan fingerprint density at radius 3 is 1.67 bits per heavy atom. The Hall–Kier alpha value is -1.52. The van der Waals surface area contributed by atoms with E-state index in [2.05, 4.69) is 62.1 Å². The smallest absolute Gasteiger partial charge is 0 e. The molecule has 0 saturated heterocycles. The van der Waals surface area contributed by atoms with Crippen LogP contribution in [-0.4, -0.2) is 7.25 Å². The molecule has 1 nitrogen and oxygen atoms in total. The second-order valence-electron chi connectivity index (χ2n) is 3.73. The molecule has 0 bridgehead atoms. The molecule has 0 amide bonds. The van der Waals surface area contributed by atoms with Crippen molar-refractivity contribution >= 4 is 7.25 Å². The normalized spacial score (nSPS) is 9.10. The zero-order valence-corrected chi connectivity index (χ0v) is 12.3. The molecule has 2 aromatic rings. The van der Waals surface area contributed by atoms with Crippen LogP contribution in [0.5, 0.6) is 0 Å². The van der Waals surface area contributed by atoms with E-state index in [0.717, 1.165) is 0 Å². The van der Waals surface area contributed by atoms with E-state index in [9.17, 15) is 17.3 Å². The molecule has 0 atom stereocenters. The largest absolute Gasteiger partial charge is 0 e. The second kappa shape index (κ2) is 11.2. The van der Waals surface area contributed by atoms with Crippen molar-refractivity contribution in [2.45, 2.75) is 6.92 Å². The molecule has 2 aromatic carbocycles. The van der Waals surface area contributed by atoms with Crippen molar-refractivity contribution in [1.29, 1.82) is 0 Å². The minimum Gasteiger partial charge on any atom is 0 e. The molecule has 0 N–H and O–H groups in total. The SMILES string of the molecule is Cc1cccc(-c2ccccc2)c1.F[B-](F)(F)F.[C-]#[O+].[Mn]. The minimum atomic E-state index is -6.00. The summed E-state index contributed by atoms with van der Waals surface area (Å²) in [7, 11) is -6.00. The maximum absolute atomic E-state index is 9.75. The molecule has 0 fully saturated rings. The molecular weight excluding hydrogens is 326 g/mol. The summed E-state index contributed by atoms with van der Waals surface area (Å²) in [5.41, 5.74) is 3.88. The summed E-state index contributed by atoms with van der Waals surface area (Å²) < 4.78 is 46.5. The van der Waals surface area contributed by atoms with E-state index < -0.39 is 7.25 Å². The number of hydrogen-bond donors (Lipinski definition) is 0. The fourth-order valence-corrected chi connectivity index (χ4v) is 1.46. The zero-order valence-electron chi connectivity index (χ0n) is 11.1. The van der Waals surface area contributed by atoms with Crippen molar-refractivity contribution in [3.8, 4) is 11.1 Å². The van der Waals surface area contributed by atoms with E-state index in [1.807, 2.05) is 6.07 Å². The van der Waals surface area contributed by atoms with E-state index in [4.69, 9.17) is 4.65 Å². The summed E-state index contributed by atoms with van der Waals surface area (Å²) in [5.74, 6) is 0. The standard InChI is InChI=1S/C13H12.CO.BF4.Mn/c1-11-6-5-9-13(10-11)12-7-3-2-4-8-12;1-2;2-1(3,4)5;/h2-10H,1H3;;;/q;;-1;.